The molecule has 5 nitrogen and oxygen atoms in total. The molecule has 0 aliphatic carbocycles. The monoisotopic (exact) mass is 317 g/mol. The van der Waals surface area contributed by atoms with Crippen molar-refractivity contribution in [3.8, 4) is 0 Å². The number of hydrogen-bond donors (Lipinski definition) is 0. The fourth-order valence-corrected chi connectivity index (χ4v) is 3.01. The number of hydrogen-bond acceptors (Lipinski definition) is 4. The van der Waals surface area contributed by atoms with Crippen molar-refractivity contribution in [1.29, 1.82) is 0 Å². The van der Waals surface area contributed by atoms with Gasteiger partial charge in [0.2, 0.25) is 0 Å². The van der Waals surface area contributed by atoms with E-state index in [4.69, 9.17) is 0 Å². The molecular formula is C19H15N3O2. The van der Waals surface area contributed by atoms with E-state index in [1.165, 1.54) is 28.7 Å². The molecule has 0 spiro atoms. The van der Waals surface area contributed by atoms with Gasteiger partial charge in [-0.1, -0.05) is 53.7 Å². The first kappa shape index (κ1) is 14.4. The van der Waals surface area contributed by atoms with Crippen molar-refractivity contribution in [3.63, 3.8) is 0 Å². The highest BCUT2D eigenvalue weighted by Crippen LogP contribution is 2.29. The standard InChI is InChI=1S/C19H15N3O2/c1-24-19(23)18-12-22(21-20-18)11-17-15-8-4-2-6-13(15)10-14-7-3-5-9-16(14)17/h2-10,12H,11H2,1H3. The van der Waals surface area contributed by atoms with Crippen LogP contribution in [0.15, 0.2) is 60.8 Å². The SMILES string of the molecule is COC(=O)c1cn(Cc2c3ccccc3cc3ccccc23)nn1. The molecule has 1 heterocycles. The lowest BCUT2D eigenvalue weighted by atomic mass is 9.97. The molecule has 0 fully saturated rings. The normalized spacial score (nSPS) is 11.0. The van der Waals surface area contributed by atoms with E-state index >= 15 is 0 Å². The summed E-state index contributed by atoms with van der Waals surface area (Å²) in [6.07, 6.45) is 1.61. The summed E-state index contributed by atoms with van der Waals surface area (Å²) in [7, 11) is 1.33. The van der Waals surface area contributed by atoms with E-state index in [9.17, 15) is 4.79 Å². The minimum atomic E-state index is -0.482. The topological polar surface area (TPSA) is 57.0 Å². The zero-order valence-electron chi connectivity index (χ0n) is 13.1. The Morgan fingerprint density at radius 2 is 1.67 bits per heavy atom. The molecule has 4 rings (SSSR count). The van der Waals surface area contributed by atoms with Crippen molar-refractivity contribution in [2.45, 2.75) is 6.54 Å². The number of methoxy groups -OCH3 is 1. The highest BCUT2D eigenvalue weighted by atomic mass is 16.5. The molecule has 3 aromatic carbocycles. The van der Waals surface area contributed by atoms with Crippen LogP contribution in [0.5, 0.6) is 0 Å². The van der Waals surface area contributed by atoms with Gasteiger partial charge in [0.25, 0.3) is 0 Å². The Kier molecular flexibility index (Phi) is 3.46. The molecule has 0 aliphatic heterocycles. The Hall–Kier alpha value is -3.21. The minimum absolute atomic E-state index is 0.210. The van der Waals surface area contributed by atoms with Crippen molar-refractivity contribution in [2.24, 2.45) is 0 Å². The summed E-state index contributed by atoms with van der Waals surface area (Å²) < 4.78 is 6.35. The van der Waals surface area contributed by atoms with Crippen LogP contribution >= 0.6 is 0 Å². The van der Waals surface area contributed by atoms with E-state index in [0.29, 0.717) is 6.54 Å². The van der Waals surface area contributed by atoms with E-state index in [-0.39, 0.29) is 5.69 Å². The first-order chi connectivity index (χ1) is 11.8. The summed E-state index contributed by atoms with van der Waals surface area (Å²) in [6, 6.07) is 18.7. The lowest BCUT2D eigenvalue weighted by molar-refractivity contribution is 0.0594. The van der Waals surface area contributed by atoms with Gasteiger partial charge in [-0.2, -0.15) is 0 Å². The summed E-state index contributed by atoms with van der Waals surface area (Å²) in [5, 5.41) is 12.6. The first-order valence-electron chi connectivity index (χ1n) is 7.64. The Balaban J connectivity index is 1.87. The maximum absolute atomic E-state index is 11.6. The molecular weight excluding hydrogens is 302 g/mol. The number of esters is 1. The molecule has 1 aromatic heterocycles. The molecule has 0 radical (unpaired) electrons. The zero-order valence-corrected chi connectivity index (χ0v) is 13.1. The van der Waals surface area contributed by atoms with Gasteiger partial charge >= 0.3 is 5.97 Å². The smallest absolute Gasteiger partial charge is 0.360 e. The second-order valence-corrected chi connectivity index (χ2v) is 5.59. The number of carbonyl (C=O) groups is 1. The average molecular weight is 317 g/mol. The van der Waals surface area contributed by atoms with Crippen LogP contribution in [0.3, 0.4) is 0 Å². The van der Waals surface area contributed by atoms with Crippen molar-refractivity contribution in [3.05, 3.63) is 72.1 Å². The largest absolute Gasteiger partial charge is 0.464 e. The van der Waals surface area contributed by atoms with Crippen LogP contribution in [0.2, 0.25) is 0 Å². The van der Waals surface area contributed by atoms with E-state index in [0.717, 1.165) is 5.56 Å². The van der Waals surface area contributed by atoms with Crippen molar-refractivity contribution >= 4 is 27.5 Å². The van der Waals surface area contributed by atoms with Gasteiger partial charge in [0.05, 0.1) is 19.9 Å². The number of carbonyl (C=O) groups excluding carboxylic acids is 1. The van der Waals surface area contributed by atoms with Crippen LogP contribution in [-0.4, -0.2) is 28.1 Å². The van der Waals surface area contributed by atoms with Crippen molar-refractivity contribution < 1.29 is 9.53 Å². The molecule has 0 saturated carbocycles. The third-order valence-corrected chi connectivity index (χ3v) is 4.14. The van der Waals surface area contributed by atoms with Gasteiger partial charge in [-0.15, -0.1) is 5.10 Å². The van der Waals surface area contributed by atoms with Gasteiger partial charge in [0.1, 0.15) is 0 Å². The maximum atomic E-state index is 11.6. The Bertz CT molecular complexity index is 999. The summed E-state index contributed by atoms with van der Waals surface area (Å²) in [5.41, 5.74) is 1.37. The fourth-order valence-electron chi connectivity index (χ4n) is 3.01. The van der Waals surface area contributed by atoms with Crippen LogP contribution in [0.4, 0.5) is 0 Å². The summed E-state index contributed by atoms with van der Waals surface area (Å²) in [6.45, 7) is 0.534. The molecule has 0 saturated heterocycles. The Morgan fingerprint density at radius 3 is 2.29 bits per heavy atom. The lowest BCUT2D eigenvalue weighted by Gasteiger charge is -2.11. The number of ether oxygens (including phenoxy) is 1. The third-order valence-electron chi connectivity index (χ3n) is 4.14. The molecule has 0 bridgehead atoms. The van der Waals surface area contributed by atoms with Crippen molar-refractivity contribution in [1.82, 2.24) is 15.0 Å². The van der Waals surface area contributed by atoms with E-state index in [2.05, 4.69) is 45.4 Å². The van der Waals surface area contributed by atoms with Crippen LogP contribution < -0.4 is 0 Å². The lowest BCUT2D eigenvalue weighted by Crippen LogP contribution is -2.03. The molecule has 5 heteroatoms. The number of fused-ring (bicyclic) bond motifs is 2. The number of nitrogens with zero attached hydrogens (tertiary/aromatic N) is 3. The third kappa shape index (κ3) is 2.40. The second-order valence-electron chi connectivity index (χ2n) is 5.59. The molecule has 118 valence electrons. The molecule has 0 N–H and O–H groups in total. The number of aromatic nitrogens is 3. The molecule has 0 atom stereocenters. The molecule has 0 aliphatic rings. The summed E-state index contributed by atoms with van der Waals surface area (Å²) in [5.74, 6) is -0.482. The van der Waals surface area contributed by atoms with Crippen molar-refractivity contribution in [2.75, 3.05) is 7.11 Å². The van der Waals surface area contributed by atoms with Gasteiger partial charge in [-0.05, 0) is 33.2 Å². The van der Waals surface area contributed by atoms with E-state index in [1.807, 2.05) is 24.3 Å². The average Bonchev–Trinajstić information content (AvgIpc) is 3.09. The van der Waals surface area contributed by atoms with Crippen LogP contribution in [0.25, 0.3) is 21.5 Å². The maximum Gasteiger partial charge on any atom is 0.360 e. The zero-order chi connectivity index (χ0) is 16.5. The first-order valence-corrected chi connectivity index (χ1v) is 7.64. The summed E-state index contributed by atoms with van der Waals surface area (Å²) in [4.78, 5) is 11.6. The van der Waals surface area contributed by atoms with E-state index < -0.39 is 5.97 Å². The van der Waals surface area contributed by atoms with Gasteiger partial charge in [0, 0.05) is 0 Å². The van der Waals surface area contributed by atoms with Gasteiger partial charge in [0.15, 0.2) is 5.69 Å². The van der Waals surface area contributed by atoms with Gasteiger partial charge in [-0.3, -0.25) is 0 Å². The second kappa shape index (κ2) is 5.77. The molecule has 24 heavy (non-hydrogen) atoms. The Morgan fingerprint density at radius 1 is 1.04 bits per heavy atom. The van der Waals surface area contributed by atoms with E-state index in [1.54, 1.807) is 10.9 Å². The predicted molar refractivity (Wildman–Crippen MR) is 91.9 cm³/mol. The number of rotatable bonds is 3. The summed E-state index contributed by atoms with van der Waals surface area (Å²) >= 11 is 0. The molecule has 0 unspecified atom stereocenters. The van der Waals surface area contributed by atoms with Crippen LogP contribution in [-0.2, 0) is 11.3 Å². The van der Waals surface area contributed by atoms with Gasteiger partial charge < -0.3 is 4.74 Å². The molecule has 4 aromatic rings. The fraction of sp³-hybridized carbons (Fsp3) is 0.105. The molecule has 0 amide bonds. The van der Waals surface area contributed by atoms with Gasteiger partial charge in [-0.25, -0.2) is 9.48 Å². The highest BCUT2D eigenvalue weighted by molar-refractivity contribution is 6.02. The Labute approximate surface area is 138 Å². The predicted octanol–water partition coefficient (Wildman–Crippen LogP) is 3.42. The van der Waals surface area contributed by atoms with Crippen LogP contribution in [0, 0.1) is 0 Å². The minimum Gasteiger partial charge on any atom is -0.464 e. The van der Waals surface area contributed by atoms with Crippen LogP contribution in [0.1, 0.15) is 16.1 Å². The highest BCUT2D eigenvalue weighted by Gasteiger charge is 2.13. The number of benzene rings is 3. The quantitative estimate of drug-likeness (QED) is 0.429.